The topological polar surface area (TPSA) is 9.23 Å². The van der Waals surface area contributed by atoms with Gasteiger partial charge in [0.05, 0.1) is 0 Å². The summed E-state index contributed by atoms with van der Waals surface area (Å²) in [4.78, 5) is 0. The summed E-state index contributed by atoms with van der Waals surface area (Å²) in [6.07, 6.45) is 15.3. The molecule has 0 heterocycles. The fraction of sp³-hybridized carbons (Fsp3) is 1.00. The number of unbranched alkanes of at least 4 members (excludes halogenated alkanes) is 10. The van der Waals surface area contributed by atoms with Crippen molar-refractivity contribution in [1.29, 1.82) is 0 Å². The highest BCUT2D eigenvalue weighted by Crippen LogP contribution is 2.12. The average Bonchev–Trinajstić information content (AvgIpc) is 2.40. The van der Waals surface area contributed by atoms with Crippen molar-refractivity contribution in [2.75, 3.05) is 12.1 Å². The molecule has 0 amide bonds. The average molecular weight is 307 g/mol. The second kappa shape index (κ2) is 13.4. The summed E-state index contributed by atoms with van der Waals surface area (Å²) in [7, 11) is -1.51. The standard InChI is InChI=1S/C16H35ClOSi/c1-4-5-6-7-8-9-10-11-12-13-14-15-18-19(2,3)16-17/h4-16H2,1-3H3. The molecule has 0 atom stereocenters. The van der Waals surface area contributed by atoms with E-state index in [9.17, 15) is 0 Å². The maximum absolute atomic E-state index is 5.87. The van der Waals surface area contributed by atoms with Crippen LogP contribution in [0.1, 0.15) is 77.6 Å². The van der Waals surface area contributed by atoms with Gasteiger partial charge >= 0.3 is 0 Å². The van der Waals surface area contributed by atoms with Crippen molar-refractivity contribution < 1.29 is 4.43 Å². The zero-order valence-electron chi connectivity index (χ0n) is 13.5. The summed E-state index contributed by atoms with van der Waals surface area (Å²) in [5.74, 6) is 0. The molecule has 0 aromatic heterocycles. The minimum atomic E-state index is -1.51. The summed E-state index contributed by atoms with van der Waals surface area (Å²) in [5, 5.41) is 0. The highest BCUT2D eigenvalue weighted by atomic mass is 35.5. The maximum Gasteiger partial charge on any atom is 0.201 e. The van der Waals surface area contributed by atoms with Gasteiger partial charge in [-0.05, 0) is 19.5 Å². The van der Waals surface area contributed by atoms with Crippen LogP contribution in [0.4, 0.5) is 0 Å². The minimum absolute atomic E-state index is 0.713. The second-order valence-corrected chi connectivity index (χ2v) is 11.2. The number of rotatable bonds is 14. The fourth-order valence-corrected chi connectivity index (χ4v) is 3.16. The van der Waals surface area contributed by atoms with Crippen LogP contribution in [0.2, 0.25) is 13.1 Å². The van der Waals surface area contributed by atoms with Crippen LogP contribution in [0.25, 0.3) is 0 Å². The predicted molar refractivity (Wildman–Crippen MR) is 90.6 cm³/mol. The van der Waals surface area contributed by atoms with E-state index in [1.165, 1.54) is 70.6 Å². The third kappa shape index (κ3) is 14.7. The lowest BCUT2D eigenvalue weighted by Crippen LogP contribution is -2.33. The normalized spacial score (nSPS) is 12.0. The third-order valence-electron chi connectivity index (χ3n) is 3.56. The van der Waals surface area contributed by atoms with Crippen molar-refractivity contribution in [2.45, 2.75) is 90.6 Å². The Morgan fingerprint density at radius 3 is 1.58 bits per heavy atom. The monoisotopic (exact) mass is 306 g/mol. The van der Waals surface area contributed by atoms with Crippen molar-refractivity contribution in [3.05, 3.63) is 0 Å². The Hall–Kier alpha value is 0.467. The van der Waals surface area contributed by atoms with Gasteiger partial charge in [0.2, 0.25) is 8.32 Å². The quantitative estimate of drug-likeness (QED) is 0.208. The largest absolute Gasteiger partial charge is 0.416 e. The lowest BCUT2D eigenvalue weighted by atomic mass is 10.1. The SMILES string of the molecule is CCCCCCCCCCCCCO[Si](C)(C)CCl. The zero-order chi connectivity index (χ0) is 14.4. The summed E-state index contributed by atoms with van der Waals surface area (Å²) >= 11 is 5.87. The van der Waals surface area contributed by atoms with Crippen LogP contribution in [0.3, 0.4) is 0 Å². The van der Waals surface area contributed by atoms with Crippen molar-refractivity contribution >= 4 is 19.9 Å². The van der Waals surface area contributed by atoms with E-state index < -0.39 is 8.32 Å². The van der Waals surface area contributed by atoms with Gasteiger partial charge in [0.15, 0.2) is 0 Å². The number of alkyl halides is 1. The fourth-order valence-electron chi connectivity index (χ4n) is 2.15. The molecule has 1 nitrogen and oxygen atoms in total. The number of hydrogen-bond donors (Lipinski definition) is 0. The van der Waals surface area contributed by atoms with Crippen molar-refractivity contribution in [3.8, 4) is 0 Å². The first-order chi connectivity index (χ1) is 9.12. The van der Waals surface area contributed by atoms with Crippen LogP contribution in [-0.2, 0) is 4.43 Å². The molecule has 0 saturated heterocycles. The minimum Gasteiger partial charge on any atom is -0.416 e. The Balaban J connectivity index is 3.07. The van der Waals surface area contributed by atoms with E-state index in [1.807, 2.05) is 0 Å². The van der Waals surface area contributed by atoms with Crippen molar-refractivity contribution in [3.63, 3.8) is 0 Å². The Labute approximate surface area is 127 Å². The van der Waals surface area contributed by atoms with E-state index in [1.54, 1.807) is 0 Å². The van der Waals surface area contributed by atoms with Crippen LogP contribution in [0.5, 0.6) is 0 Å². The van der Waals surface area contributed by atoms with E-state index in [0.717, 1.165) is 6.61 Å². The zero-order valence-corrected chi connectivity index (χ0v) is 15.2. The molecule has 3 heteroatoms. The van der Waals surface area contributed by atoms with E-state index in [2.05, 4.69) is 20.0 Å². The first-order valence-corrected chi connectivity index (χ1v) is 12.0. The smallest absolute Gasteiger partial charge is 0.201 e. The molecule has 0 saturated carbocycles. The van der Waals surface area contributed by atoms with E-state index in [-0.39, 0.29) is 0 Å². The molecule has 0 radical (unpaired) electrons. The second-order valence-electron chi connectivity index (χ2n) is 6.28. The van der Waals surface area contributed by atoms with Gasteiger partial charge in [0, 0.05) is 12.1 Å². The summed E-state index contributed by atoms with van der Waals surface area (Å²) in [5.41, 5.74) is 0.713. The molecular weight excluding hydrogens is 272 g/mol. The summed E-state index contributed by atoms with van der Waals surface area (Å²) in [6.45, 7) is 7.58. The summed E-state index contributed by atoms with van der Waals surface area (Å²) in [6, 6.07) is 0. The molecule has 0 fully saturated rings. The first-order valence-electron chi connectivity index (χ1n) is 8.32. The third-order valence-corrected chi connectivity index (χ3v) is 7.12. The molecule has 0 aliphatic rings. The van der Waals surface area contributed by atoms with Gasteiger partial charge in [-0.2, -0.15) is 0 Å². The molecule has 0 aromatic rings. The highest BCUT2D eigenvalue weighted by Gasteiger charge is 2.19. The Morgan fingerprint density at radius 1 is 0.737 bits per heavy atom. The molecule has 116 valence electrons. The predicted octanol–water partition coefficient (Wildman–Crippen LogP) is 6.30. The van der Waals surface area contributed by atoms with E-state index in [0.29, 0.717) is 5.50 Å². The molecule has 19 heavy (non-hydrogen) atoms. The van der Waals surface area contributed by atoms with Gasteiger partial charge in [-0.25, -0.2) is 0 Å². The van der Waals surface area contributed by atoms with Gasteiger partial charge in [0.25, 0.3) is 0 Å². The van der Waals surface area contributed by atoms with Crippen LogP contribution in [0.15, 0.2) is 0 Å². The van der Waals surface area contributed by atoms with Gasteiger partial charge < -0.3 is 4.43 Å². The number of halogens is 1. The molecule has 0 aromatic carbocycles. The van der Waals surface area contributed by atoms with Gasteiger partial charge in [-0.1, -0.05) is 71.1 Å². The van der Waals surface area contributed by atoms with Gasteiger partial charge in [-0.15, -0.1) is 11.6 Å². The molecule has 0 N–H and O–H groups in total. The maximum atomic E-state index is 5.87. The molecule has 0 spiro atoms. The first kappa shape index (κ1) is 19.5. The van der Waals surface area contributed by atoms with Crippen LogP contribution in [-0.4, -0.2) is 20.4 Å². The molecular formula is C16H35ClOSi. The highest BCUT2D eigenvalue weighted by molar-refractivity contribution is 6.77. The van der Waals surface area contributed by atoms with Gasteiger partial charge in [-0.3, -0.25) is 0 Å². The number of hydrogen-bond acceptors (Lipinski definition) is 1. The lowest BCUT2D eigenvalue weighted by Gasteiger charge is -2.19. The van der Waals surface area contributed by atoms with Crippen LogP contribution >= 0.6 is 11.6 Å². The van der Waals surface area contributed by atoms with Crippen LogP contribution < -0.4 is 0 Å². The van der Waals surface area contributed by atoms with Gasteiger partial charge in [0.1, 0.15) is 0 Å². The Bertz CT molecular complexity index is 186. The molecule has 0 aliphatic heterocycles. The molecule has 0 rings (SSSR count). The summed E-state index contributed by atoms with van der Waals surface area (Å²) < 4.78 is 5.87. The van der Waals surface area contributed by atoms with Crippen LogP contribution in [0, 0.1) is 0 Å². The molecule has 0 bridgehead atoms. The van der Waals surface area contributed by atoms with E-state index >= 15 is 0 Å². The van der Waals surface area contributed by atoms with E-state index in [4.69, 9.17) is 16.0 Å². The lowest BCUT2D eigenvalue weighted by molar-refractivity contribution is 0.297. The Morgan fingerprint density at radius 2 is 1.16 bits per heavy atom. The van der Waals surface area contributed by atoms with Crippen molar-refractivity contribution in [2.24, 2.45) is 0 Å². The Kier molecular flexibility index (Phi) is 13.8. The molecule has 0 aliphatic carbocycles. The van der Waals surface area contributed by atoms with Crippen molar-refractivity contribution in [1.82, 2.24) is 0 Å². The molecule has 0 unspecified atom stereocenters.